The summed E-state index contributed by atoms with van der Waals surface area (Å²) in [5, 5.41) is 18.5. The number of carboxylic acids is 1. The Kier molecular flexibility index (Phi) is 6.24. The Morgan fingerprint density at radius 3 is 2.59 bits per heavy atom. The largest absolute Gasteiger partial charge is 0.493 e. The topological polar surface area (TPSA) is 106 Å². The second kappa shape index (κ2) is 9.25. The lowest BCUT2D eigenvalue weighted by Crippen LogP contribution is -2.40. The van der Waals surface area contributed by atoms with Gasteiger partial charge in [0.25, 0.3) is 0 Å². The van der Waals surface area contributed by atoms with Gasteiger partial charge in [-0.25, -0.2) is 9.78 Å². The summed E-state index contributed by atoms with van der Waals surface area (Å²) < 4.78 is 17.2. The van der Waals surface area contributed by atoms with Crippen molar-refractivity contribution in [2.45, 2.75) is 38.2 Å². The Bertz CT molecular complexity index is 1120. The first-order valence-electron chi connectivity index (χ1n) is 10.5. The molecule has 0 spiro atoms. The summed E-state index contributed by atoms with van der Waals surface area (Å²) in [5.74, 6) is 1.06. The minimum Gasteiger partial charge on any atom is -0.493 e. The number of aryl methyl sites for hydroxylation is 1. The van der Waals surface area contributed by atoms with E-state index in [-0.39, 0.29) is 0 Å². The first-order chi connectivity index (χ1) is 15.5. The predicted molar refractivity (Wildman–Crippen MR) is 116 cm³/mol. The summed E-state index contributed by atoms with van der Waals surface area (Å²) in [6, 6.07) is 16.6. The number of ether oxygens (including phenoxy) is 2. The molecule has 3 aromatic rings. The van der Waals surface area contributed by atoms with Crippen LogP contribution in [0.1, 0.15) is 35.4 Å². The molecule has 1 saturated heterocycles. The fourth-order valence-electron chi connectivity index (χ4n) is 3.85. The maximum atomic E-state index is 11.6. The van der Waals surface area contributed by atoms with Crippen LogP contribution in [0.5, 0.6) is 5.75 Å². The highest BCUT2D eigenvalue weighted by atomic mass is 16.5. The van der Waals surface area contributed by atoms with E-state index < -0.39 is 11.6 Å². The van der Waals surface area contributed by atoms with E-state index in [2.05, 4.69) is 11.1 Å². The fourth-order valence-corrected chi connectivity index (χ4v) is 3.85. The van der Waals surface area contributed by atoms with E-state index in [0.29, 0.717) is 49.7 Å². The van der Waals surface area contributed by atoms with Crippen molar-refractivity contribution < 1.29 is 23.8 Å². The van der Waals surface area contributed by atoms with E-state index in [4.69, 9.17) is 19.2 Å². The zero-order valence-corrected chi connectivity index (χ0v) is 17.8. The smallest absolute Gasteiger partial charge is 0.336 e. The molecule has 0 saturated carbocycles. The molecule has 1 fully saturated rings. The van der Waals surface area contributed by atoms with Crippen LogP contribution in [-0.4, -0.2) is 34.9 Å². The van der Waals surface area contributed by atoms with Crippen molar-refractivity contribution in [3.63, 3.8) is 0 Å². The Balaban J connectivity index is 1.33. The Labute approximate surface area is 186 Å². The third-order valence-electron chi connectivity index (χ3n) is 5.67. The van der Waals surface area contributed by atoms with Crippen molar-refractivity contribution in [1.29, 1.82) is 5.26 Å². The number of hydrogen-bond donors (Lipinski definition) is 1. The molecule has 1 N–H and O–H groups in total. The summed E-state index contributed by atoms with van der Waals surface area (Å²) in [6.45, 7) is 2.79. The van der Waals surface area contributed by atoms with Gasteiger partial charge >= 0.3 is 5.97 Å². The van der Waals surface area contributed by atoms with Gasteiger partial charge in [-0.05, 0) is 61.7 Å². The van der Waals surface area contributed by atoms with Gasteiger partial charge in [0.15, 0.2) is 5.60 Å². The number of carboxylic acid groups (broad SMARTS) is 1. The van der Waals surface area contributed by atoms with Gasteiger partial charge in [-0.15, -0.1) is 0 Å². The summed E-state index contributed by atoms with van der Waals surface area (Å²) in [6.07, 6.45) is 2.23. The minimum absolute atomic E-state index is 0.346. The molecule has 164 valence electrons. The molecule has 0 radical (unpaired) electrons. The van der Waals surface area contributed by atoms with Crippen LogP contribution >= 0.6 is 0 Å². The van der Waals surface area contributed by atoms with Gasteiger partial charge in [0.05, 0.1) is 23.9 Å². The van der Waals surface area contributed by atoms with E-state index >= 15 is 0 Å². The zero-order chi connectivity index (χ0) is 22.6. The summed E-state index contributed by atoms with van der Waals surface area (Å²) in [5.41, 5.74) is 2.02. The van der Waals surface area contributed by atoms with E-state index in [9.17, 15) is 9.90 Å². The minimum atomic E-state index is -1.11. The van der Waals surface area contributed by atoms with E-state index in [1.165, 1.54) is 0 Å². The average molecular weight is 432 g/mol. The average Bonchev–Trinajstić information content (AvgIpc) is 3.43. The molecule has 1 aromatic heterocycles. The molecule has 1 aliphatic rings. The van der Waals surface area contributed by atoms with Crippen molar-refractivity contribution in [2.75, 3.05) is 13.2 Å². The van der Waals surface area contributed by atoms with Crippen molar-refractivity contribution >= 4 is 5.97 Å². The van der Waals surface area contributed by atoms with Crippen LogP contribution in [0.3, 0.4) is 0 Å². The molecule has 7 heteroatoms. The van der Waals surface area contributed by atoms with Crippen molar-refractivity contribution in [3.8, 4) is 23.3 Å². The normalized spacial score (nSPS) is 17.8. The Morgan fingerprint density at radius 1 is 1.22 bits per heavy atom. The van der Waals surface area contributed by atoms with Gasteiger partial charge in [0.1, 0.15) is 11.5 Å². The van der Waals surface area contributed by atoms with Gasteiger partial charge in [0.2, 0.25) is 5.89 Å². The molecule has 32 heavy (non-hydrogen) atoms. The number of benzene rings is 2. The third-order valence-corrected chi connectivity index (χ3v) is 5.67. The van der Waals surface area contributed by atoms with Crippen molar-refractivity contribution in [2.24, 2.45) is 0 Å². The lowest BCUT2D eigenvalue weighted by atomic mass is 9.92. The number of aromatic nitrogens is 1. The first-order valence-corrected chi connectivity index (χ1v) is 10.5. The van der Waals surface area contributed by atoms with Crippen LogP contribution in [0.2, 0.25) is 0 Å². The SMILES string of the molecule is Cc1oc(-c2ccc(C#N)cc2)nc1CCOc1ccc(CC2(C(=O)O)CCCO2)cc1. The van der Waals surface area contributed by atoms with Crippen LogP contribution < -0.4 is 4.74 Å². The second-order valence-corrected chi connectivity index (χ2v) is 7.88. The number of carbonyl (C=O) groups is 1. The van der Waals surface area contributed by atoms with E-state index in [1.807, 2.05) is 43.3 Å². The molecule has 2 heterocycles. The molecule has 0 bridgehead atoms. The van der Waals surface area contributed by atoms with Crippen molar-refractivity contribution in [3.05, 3.63) is 71.1 Å². The molecule has 1 atom stereocenters. The van der Waals surface area contributed by atoms with Crippen LogP contribution in [-0.2, 0) is 22.4 Å². The number of nitrogens with zero attached hydrogens (tertiary/aromatic N) is 2. The predicted octanol–water partition coefficient (Wildman–Crippen LogP) is 4.32. The molecule has 4 rings (SSSR count). The Morgan fingerprint density at radius 2 is 1.97 bits per heavy atom. The van der Waals surface area contributed by atoms with E-state index in [1.54, 1.807) is 12.1 Å². The quantitative estimate of drug-likeness (QED) is 0.565. The van der Waals surface area contributed by atoms with Gasteiger partial charge < -0.3 is 19.0 Å². The van der Waals surface area contributed by atoms with E-state index in [0.717, 1.165) is 29.0 Å². The zero-order valence-electron chi connectivity index (χ0n) is 17.8. The van der Waals surface area contributed by atoms with Crippen molar-refractivity contribution in [1.82, 2.24) is 4.98 Å². The van der Waals surface area contributed by atoms with Gasteiger partial charge in [0, 0.05) is 25.0 Å². The highest BCUT2D eigenvalue weighted by Crippen LogP contribution is 2.30. The molecular weight excluding hydrogens is 408 g/mol. The maximum absolute atomic E-state index is 11.6. The van der Waals surface area contributed by atoms with Gasteiger partial charge in [-0.1, -0.05) is 12.1 Å². The number of rotatable bonds is 8. The van der Waals surface area contributed by atoms with Crippen LogP contribution in [0.4, 0.5) is 0 Å². The number of aliphatic carboxylic acids is 1. The molecule has 0 aliphatic carbocycles. The second-order valence-electron chi connectivity index (χ2n) is 7.88. The highest BCUT2D eigenvalue weighted by molar-refractivity contribution is 5.78. The first kappa shape index (κ1) is 21.6. The monoisotopic (exact) mass is 432 g/mol. The van der Waals surface area contributed by atoms with Gasteiger partial charge in [-0.3, -0.25) is 0 Å². The number of oxazole rings is 1. The summed E-state index contributed by atoms with van der Waals surface area (Å²) in [7, 11) is 0. The Hall–Kier alpha value is -3.63. The summed E-state index contributed by atoms with van der Waals surface area (Å²) >= 11 is 0. The van der Waals surface area contributed by atoms with Crippen LogP contribution in [0, 0.1) is 18.3 Å². The van der Waals surface area contributed by atoms with Gasteiger partial charge in [-0.2, -0.15) is 5.26 Å². The highest BCUT2D eigenvalue weighted by Gasteiger charge is 2.42. The molecular formula is C25H24N2O5. The van der Waals surface area contributed by atoms with Crippen LogP contribution in [0.15, 0.2) is 52.9 Å². The maximum Gasteiger partial charge on any atom is 0.336 e. The number of hydrogen-bond acceptors (Lipinski definition) is 6. The fraction of sp³-hybridized carbons (Fsp3) is 0.320. The molecule has 2 aromatic carbocycles. The lowest BCUT2D eigenvalue weighted by molar-refractivity contribution is -0.159. The lowest BCUT2D eigenvalue weighted by Gasteiger charge is -2.23. The third kappa shape index (κ3) is 4.66. The molecule has 7 nitrogen and oxygen atoms in total. The molecule has 1 aliphatic heterocycles. The molecule has 1 unspecified atom stereocenters. The molecule has 0 amide bonds. The number of nitriles is 1. The summed E-state index contributed by atoms with van der Waals surface area (Å²) in [4.78, 5) is 16.2. The standard InChI is InChI=1S/C25H24N2O5/c1-17-22(27-23(32-17)20-7-3-19(16-26)4-8-20)11-14-30-21-9-5-18(6-10-21)15-25(24(28)29)12-2-13-31-25/h3-10H,2,11-15H2,1H3,(H,28,29). The van der Waals surface area contributed by atoms with Crippen LogP contribution in [0.25, 0.3) is 11.5 Å².